The summed E-state index contributed by atoms with van der Waals surface area (Å²) in [7, 11) is 0. The Bertz CT molecular complexity index is 389. The fraction of sp³-hybridized carbons (Fsp3) is 0.500. The Morgan fingerprint density at radius 1 is 1.65 bits per heavy atom. The van der Waals surface area contributed by atoms with E-state index in [0.717, 1.165) is 25.9 Å². The summed E-state index contributed by atoms with van der Waals surface area (Å²) in [5.41, 5.74) is 6.06. The molecule has 17 heavy (non-hydrogen) atoms. The van der Waals surface area contributed by atoms with Crippen LogP contribution in [0.1, 0.15) is 29.6 Å². The molecule has 0 bridgehead atoms. The molecule has 0 aliphatic carbocycles. The third-order valence-electron chi connectivity index (χ3n) is 2.82. The summed E-state index contributed by atoms with van der Waals surface area (Å²) >= 11 is 0. The van der Waals surface area contributed by atoms with Gasteiger partial charge in [0.05, 0.1) is 6.10 Å². The summed E-state index contributed by atoms with van der Waals surface area (Å²) in [5.74, 6) is 0.244. The van der Waals surface area contributed by atoms with Crippen molar-refractivity contribution in [3.8, 4) is 0 Å². The Morgan fingerprint density at radius 2 is 2.53 bits per heavy atom. The molecule has 3 N–H and O–H groups in total. The molecule has 0 radical (unpaired) electrons. The monoisotopic (exact) mass is 235 g/mol. The normalized spacial score (nSPS) is 19.2. The predicted molar refractivity (Wildman–Crippen MR) is 64.6 cm³/mol. The van der Waals surface area contributed by atoms with E-state index in [1.165, 1.54) is 6.20 Å². The Hall–Kier alpha value is -1.62. The van der Waals surface area contributed by atoms with Crippen LogP contribution in [0.2, 0.25) is 0 Å². The van der Waals surface area contributed by atoms with Gasteiger partial charge in [-0.3, -0.25) is 4.79 Å². The van der Waals surface area contributed by atoms with Crippen LogP contribution < -0.4 is 11.1 Å². The predicted octanol–water partition coefficient (Wildman–Crippen LogP) is 0.963. The van der Waals surface area contributed by atoms with Crippen LogP contribution >= 0.6 is 0 Å². The van der Waals surface area contributed by atoms with Crippen LogP contribution in [0, 0.1) is 0 Å². The number of rotatable bonds is 4. The van der Waals surface area contributed by atoms with Gasteiger partial charge in [0.25, 0.3) is 5.91 Å². The number of carbonyl (C=O) groups is 1. The summed E-state index contributed by atoms with van der Waals surface area (Å²) in [4.78, 5) is 15.6. The van der Waals surface area contributed by atoms with Crippen molar-refractivity contribution in [2.75, 3.05) is 18.9 Å². The average molecular weight is 235 g/mol. The molecule has 1 aromatic heterocycles. The number of nitrogens with zero attached hydrogens (tertiary/aromatic N) is 1. The average Bonchev–Trinajstić information content (AvgIpc) is 2.82. The van der Waals surface area contributed by atoms with Crippen LogP contribution in [-0.4, -0.2) is 30.1 Å². The number of hydrogen-bond acceptors (Lipinski definition) is 4. The number of pyridine rings is 1. The van der Waals surface area contributed by atoms with Crippen molar-refractivity contribution in [1.29, 1.82) is 0 Å². The first-order chi connectivity index (χ1) is 8.25. The molecule has 2 heterocycles. The fourth-order valence-electron chi connectivity index (χ4n) is 1.91. The second kappa shape index (κ2) is 5.63. The van der Waals surface area contributed by atoms with Crippen molar-refractivity contribution >= 4 is 11.7 Å². The SMILES string of the molecule is Nc1cc(C(=O)NCCC2CCCO2)ccn1. The van der Waals surface area contributed by atoms with Crippen molar-refractivity contribution in [2.45, 2.75) is 25.4 Å². The molecule has 1 unspecified atom stereocenters. The van der Waals surface area contributed by atoms with E-state index in [1.807, 2.05) is 0 Å². The zero-order valence-corrected chi connectivity index (χ0v) is 9.69. The summed E-state index contributed by atoms with van der Waals surface area (Å²) in [5, 5.41) is 2.85. The first kappa shape index (κ1) is 11.9. The molecule has 92 valence electrons. The van der Waals surface area contributed by atoms with Gasteiger partial charge in [-0.1, -0.05) is 0 Å². The van der Waals surface area contributed by atoms with Crippen molar-refractivity contribution in [3.05, 3.63) is 23.9 Å². The minimum atomic E-state index is -0.114. The number of nitrogens with two attached hydrogens (primary N) is 1. The Morgan fingerprint density at radius 3 is 3.24 bits per heavy atom. The fourth-order valence-corrected chi connectivity index (χ4v) is 1.91. The highest BCUT2D eigenvalue weighted by Gasteiger charge is 2.15. The van der Waals surface area contributed by atoms with E-state index in [-0.39, 0.29) is 5.91 Å². The maximum Gasteiger partial charge on any atom is 0.251 e. The number of anilines is 1. The lowest BCUT2D eigenvalue weighted by Gasteiger charge is -2.10. The van der Waals surface area contributed by atoms with E-state index >= 15 is 0 Å². The molecule has 1 saturated heterocycles. The number of carbonyl (C=O) groups excluding carboxylic acids is 1. The van der Waals surface area contributed by atoms with Crippen molar-refractivity contribution in [2.24, 2.45) is 0 Å². The van der Waals surface area contributed by atoms with Gasteiger partial charge in [0, 0.05) is 24.9 Å². The molecule has 2 rings (SSSR count). The standard InChI is InChI=1S/C12H17N3O2/c13-11-8-9(3-5-14-11)12(16)15-6-4-10-2-1-7-17-10/h3,5,8,10H,1-2,4,6-7H2,(H2,13,14)(H,15,16). The summed E-state index contributed by atoms with van der Waals surface area (Å²) in [6.07, 6.45) is 4.92. The third kappa shape index (κ3) is 3.42. The maximum absolute atomic E-state index is 11.7. The Kier molecular flexibility index (Phi) is 3.93. The Balaban J connectivity index is 1.77. The highest BCUT2D eigenvalue weighted by atomic mass is 16.5. The van der Waals surface area contributed by atoms with Crippen molar-refractivity contribution < 1.29 is 9.53 Å². The molecule has 1 aromatic rings. The van der Waals surface area contributed by atoms with E-state index in [9.17, 15) is 4.79 Å². The van der Waals surface area contributed by atoms with Crippen LogP contribution in [0.3, 0.4) is 0 Å². The van der Waals surface area contributed by atoms with Gasteiger partial charge in [-0.15, -0.1) is 0 Å². The number of amides is 1. The smallest absolute Gasteiger partial charge is 0.251 e. The minimum absolute atomic E-state index is 0.114. The van der Waals surface area contributed by atoms with E-state index in [4.69, 9.17) is 10.5 Å². The molecule has 1 fully saturated rings. The summed E-state index contributed by atoms with van der Waals surface area (Å²) in [6.45, 7) is 1.48. The molecule has 5 heteroatoms. The first-order valence-corrected chi connectivity index (χ1v) is 5.87. The van der Waals surface area contributed by atoms with Gasteiger partial charge in [-0.05, 0) is 31.4 Å². The first-order valence-electron chi connectivity index (χ1n) is 5.87. The zero-order chi connectivity index (χ0) is 12.1. The number of hydrogen-bond donors (Lipinski definition) is 2. The van der Waals surface area contributed by atoms with Crippen LogP contribution in [0.15, 0.2) is 18.3 Å². The van der Waals surface area contributed by atoms with Gasteiger partial charge in [-0.25, -0.2) is 4.98 Å². The topological polar surface area (TPSA) is 77.2 Å². The second-order valence-electron chi connectivity index (χ2n) is 4.15. The van der Waals surface area contributed by atoms with Crippen molar-refractivity contribution in [3.63, 3.8) is 0 Å². The van der Waals surface area contributed by atoms with Crippen LogP contribution in [0.5, 0.6) is 0 Å². The summed E-state index contributed by atoms with van der Waals surface area (Å²) < 4.78 is 5.48. The van der Waals surface area contributed by atoms with Crippen molar-refractivity contribution in [1.82, 2.24) is 10.3 Å². The molecule has 5 nitrogen and oxygen atoms in total. The maximum atomic E-state index is 11.7. The largest absolute Gasteiger partial charge is 0.384 e. The van der Waals surface area contributed by atoms with Gasteiger partial charge in [0.1, 0.15) is 5.82 Å². The molecule has 1 amide bonds. The lowest BCUT2D eigenvalue weighted by molar-refractivity contribution is 0.0907. The molecular weight excluding hydrogens is 218 g/mol. The van der Waals surface area contributed by atoms with E-state index in [2.05, 4.69) is 10.3 Å². The quantitative estimate of drug-likeness (QED) is 0.815. The van der Waals surface area contributed by atoms with E-state index < -0.39 is 0 Å². The highest BCUT2D eigenvalue weighted by Crippen LogP contribution is 2.14. The van der Waals surface area contributed by atoms with Gasteiger partial charge in [-0.2, -0.15) is 0 Å². The molecular formula is C12H17N3O2. The molecule has 1 aliphatic heterocycles. The second-order valence-corrected chi connectivity index (χ2v) is 4.15. The highest BCUT2D eigenvalue weighted by molar-refractivity contribution is 5.94. The number of ether oxygens (including phenoxy) is 1. The Labute approximate surface area is 100 Å². The zero-order valence-electron chi connectivity index (χ0n) is 9.69. The minimum Gasteiger partial charge on any atom is -0.384 e. The van der Waals surface area contributed by atoms with Gasteiger partial charge < -0.3 is 15.8 Å². The number of aromatic nitrogens is 1. The van der Waals surface area contributed by atoms with Gasteiger partial charge in [0.2, 0.25) is 0 Å². The lowest BCUT2D eigenvalue weighted by Crippen LogP contribution is -2.27. The van der Waals surface area contributed by atoms with E-state index in [1.54, 1.807) is 12.1 Å². The van der Waals surface area contributed by atoms with Gasteiger partial charge >= 0.3 is 0 Å². The molecule has 0 spiro atoms. The van der Waals surface area contributed by atoms with E-state index in [0.29, 0.717) is 24.0 Å². The number of nitrogens with one attached hydrogen (secondary N) is 1. The molecule has 0 aromatic carbocycles. The van der Waals surface area contributed by atoms with Crippen LogP contribution in [-0.2, 0) is 4.74 Å². The van der Waals surface area contributed by atoms with Crippen LogP contribution in [0.25, 0.3) is 0 Å². The molecule has 0 saturated carbocycles. The third-order valence-corrected chi connectivity index (χ3v) is 2.82. The summed E-state index contributed by atoms with van der Waals surface area (Å²) in [6, 6.07) is 3.22. The van der Waals surface area contributed by atoms with Crippen LogP contribution in [0.4, 0.5) is 5.82 Å². The number of nitrogen functional groups attached to an aromatic ring is 1. The van der Waals surface area contributed by atoms with Gasteiger partial charge in [0.15, 0.2) is 0 Å². The lowest BCUT2D eigenvalue weighted by atomic mass is 10.2. The molecule has 1 atom stereocenters. The molecule has 1 aliphatic rings.